The molecule has 0 saturated heterocycles. The highest BCUT2D eigenvalue weighted by Gasteiger charge is 2.33. The molecule has 2 aromatic rings. The molecule has 100 valence electrons. The molecule has 0 aliphatic carbocycles. The van der Waals surface area contributed by atoms with E-state index in [9.17, 15) is 13.2 Å². The van der Waals surface area contributed by atoms with Gasteiger partial charge in [0.05, 0.1) is 0 Å². The van der Waals surface area contributed by atoms with Crippen LogP contribution in [0.3, 0.4) is 0 Å². The first-order chi connectivity index (χ1) is 8.88. The number of nitrogens with one attached hydrogen (secondary N) is 2. The first-order valence-electron chi connectivity index (χ1n) is 4.84. The van der Waals surface area contributed by atoms with E-state index in [0.717, 1.165) is 23.9 Å². The molecule has 0 spiro atoms. The molecule has 0 amide bonds. The molecule has 0 unspecified atom stereocenters. The van der Waals surface area contributed by atoms with Gasteiger partial charge in [0.25, 0.3) is 0 Å². The highest BCUT2D eigenvalue weighted by atomic mass is 32.2. The van der Waals surface area contributed by atoms with Crippen molar-refractivity contribution in [2.45, 2.75) is 16.4 Å². The molecule has 0 fully saturated rings. The summed E-state index contributed by atoms with van der Waals surface area (Å²) in [5, 5.41) is 13.6. The van der Waals surface area contributed by atoms with Crippen LogP contribution in [0.25, 0.3) is 0 Å². The fraction of sp³-hybridized carbons (Fsp3) is 0.111. The van der Waals surface area contributed by atoms with Crippen LogP contribution in [-0.4, -0.2) is 26.0 Å². The van der Waals surface area contributed by atoms with Crippen molar-refractivity contribution >= 4 is 17.6 Å². The summed E-state index contributed by atoms with van der Waals surface area (Å²) in [5.74, 6) is -0.372. The third kappa shape index (κ3) is 3.02. The van der Waals surface area contributed by atoms with E-state index in [-0.39, 0.29) is 21.6 Å². The Kier molecular flexibility index (Phi) is 3.42. The first kappa shape index (κ1) is 13.3. The summed E-state index contributed by atoms with van der Waals surface area (Å²) in [6.07, 6.45) is -3.35. The number of aromatic nitrogens is 4. The van der Waals surface area contributed by atoms with E-state index in [1.807, 2.05) is 0 Å². The number of halogens is 3. The molecule has 6 nitrogen and oxygen atoms in total. The van der Waals surface area contributed by atoms with Crippen LogP contribution in [0.5, 0.6) is 0 Å². The molecule has 2 rings (SSSR count). The molecule has 0 aromatic carbocycles. The summed E-state index contributed by atoms with van der Waals surface area (Å²) in [4.78, 5) is 7.24. The molecule has 0 aliphatic rings. The molecule has 0 bridgehead atoms. The summed E-state index contributed by atoms with van der Waals surface area (Å²) < 4.78 is 37.8. The van der Waals surface area contributed by atoms with Gasteiger partial charge in [0.15, 0.2) is 5.16 Å². The number of nitrogens with zero attached hydrogens (tertiary/aromatic N) is 3. The number of hydrogen-bond donors (Lipinski definition) is 3. The van der Waals surface area contributed by atoms with Crippen molar-refractivity contribution in [3.63, 3.8) is 0 Å². The number of aromatic amines is 1. The molecular formula is C9H7F3N6S. The third-order valence-corrected chi connectivity index (χ3v) is 2.92. The van der Waals surface area contributed by atoms with Crippen LogP contribution < -0.4 is 5.73 Å². The average Bonchev–Trinajstić information content (AvgIpc) is 2.80. The Balaban J connectivity index is 2.45. The quantitative estimate of drug-likeness (QED) is 0.588. The van der Waals surface area contributed by atoms with Gasteiger partial charge in [0, 0.05) is 5.56 Å². The second-order valence-electron chi connectivity index (χ2n) is 3.35. The van der Waals surface area contributed by atoms with Gasteiger partial charge >= 0.3 is 6.18 Å². The lowest BCUT2D eigenvalue weighted by atomic mass is 10.2. The van der Waals surface area contributed by atoms with E-state index in [1.165, 1.54) is 6.33 Å². The molecule has 2 heterocycles. The van der Waals surface area contributed by atoms with Crippen molar-refractivity contribution in [3.05, 3.63) is 29.7 Å². The van der Waals surface area contributed by atoms with E-state index in [1.54, 1.807) is 0 Å². The minimum atomic E-state index is -4.56. The zero-order valence-electron chi connectivity index (χ0n) is 9.19. The monoisotopic (exact) mass is 288 g/mol. The van der Waals surface area contributed by atoms with Crippen LogP contribution in [0.4, 0.5) is 13.2 Å². The molecule has 4 N–H and O–H groups in total. The summed E-state index contributed by atoms with van der Waals surface area (Å²) in [6.45, 7) is 0. The van der Waals surface area contributed by atoms with E-state index in [2.05, 4.69) is 20.2 Å². The lowest BCUT2D eigenvalue weighted by Gasteiger charge is -2.10. The van der Waals surface area contributed by atoms with E-state index in [4.69, 9.17) is 11.1 Å². The predicted octanol–water partition coefficient (Wildman–Crippen LogP) is 1.65. The van der Waals surface area contributed by atoms with Crippen LogP contribution in [0.15, 0.2) is 28.6 Å². The number of alkyl halides is 3. The molecule has 0 saturated carbocycles. The standard InChI is InChI=1S/C9H7F3N6S/c10-9(11,12)5-2-1-4(6(13)14)7(17-5)19-8-15-3-16-18-8/h1-3H,(H3,13,14)(H,15,16,18). The van der Waals surface area contributed by atoms with Crippen molar-refractivity contribution in [1.82, 2.24) is 20.2 Å². The normalized spacial score (nSPS) is 11.5. The molecule has 10 heteroatoms. The van der Waals surface area contributed by atoms with E-state index >= 15 is 0 Å². The number of H-pyrrole nitrogens is 1. The molecule has 19 heavy (non-hydrogen) atoms. The van der Waals surface area contributed by atoms with Crippen LogP contribution in [0.2, 0.25) is 0 Å². The summed E-state index contributed by atoms with van der Waals surface area (Å²) in [6, 6.07) is 1.89. The average molecular weight is 288 g/mol. The van der Waals surface area contributed by atoms with E-state index < -0.39 is 11.9 Å². The Bertz CT molecular complexity index is 594. The topological polar surface area (TPSA) is 104 Å². The number of rotatable bonds is 3. The van der Waals surface area contributed by atoms with Gasteiger partial charge in [-0.05, 0) is 23.9 Å². The largest absolute Gasteiger partial charge is 0.433 e. The molecule has 0 radical (unpaired) electrons. The maximum absolute atomic E-state index is 12.6. The third-order valence-electron chi connectivity index (χ3n) is 2.03. The molecule has 2 aromatic heterocycles. The maximum Gasteiger partial charge on any atom is 0.433 e. The van der Waals surface area contributed by atoms with Gasteiger partial charge in [-0.2, -0.15) is 18.3 Å². The summed E-state index contributed by atoms with van der Waals surface area (Å²) in [5.41, 5.74) is 4.36. The van der Waals surface area contributed by atoms with Crippen LogP contribution in [-0.2, 0) is 6.18 Å². The number of pyridine rings is 1. The second kappa shape index (κ2) is 4.88. The van der Waals surface area contributed by atoms with Gasteiger partial charge in [-0.15, -0.1) is 0 Å². The van der Waals surface area contributed by atoms with Crippen LogP contribution >= 0.6 is 11.8 Å². The zero-order chi connectivity index (χ0) is 14.0. The number of hydrogen-bond acceptors (Lipinski definition) is 5. The molecule has 0 aliphatic heterocycles. The Morgan fingerprint density at radius 2 is 2.11 bits per heavy atom. The first-order valence-corrected chi connectivity index (χ1v) is 5.65. The predicted molar refractivity (Wildman–Crippen MR) is 60.8 cm³/mol. The number of nitrogens with two attached hydrogens (primary N) is 1. The minimum absolute atomic E-state index is 0.0564. The van der Waals surface area contributed by atoms with Crippen molar-refractivity contribution in [3.8, 4) is 0 Å². The van der Waals surface area contributed by atoms with Gasteiger partial charge in [0.1, 0.15) is 22.9 Å². The van der Waals surface area contributed by atoms with Gasteiger partial charge in [-0.1, -0.05) is 0 Å². The van der Waals surface area contributed by atoms with Gasteiger partial charge in [-0.25, -0.2) is 9.97 Å². The van der Waals surface area contributed by atoms with Crippen molar-refractivity contribution in [2.24, 2.45) is 5.73 Å². The van der Waals surface area contributed by atoms with E-state index in [0.29, 0.717) is 0 Å². The van der Waals surface area contributed by atoms with Crippen molar-refractivity contribution in [2.75, 3.05) is 0 Å². The maximum atomic E-state index is 12.6. The van der Waals surface area contributed by atoms with Gasteiger partial charge in [-0.3, -0.25) is 10.5 Å². The van der Waals surface area contributed by atoms with Gasteiger partial charge < -0.3 is 5.73 Å². The highest BCUT2D eigenvalue weighted by molar-refractivity contribution is 7.99. The lowest BCUT2D eigenvalue weighted by Crippen LogP contribution is -2.16. The van der Waals surface area contributed by atoms with Crippen LogP contribution in [0.1, 0.15) is 11.3 Å². The van der Waals surface area contributed by atoms with Crippen molar-refractivity contribution in [1.29, 1.82) is 5.41 Å². The SMILES string of the molecule is N=C(N)c1ccc(C(F)(F)F)nc1Sc1ncn[nH]1. The Labute approximate surface area is 109 Å². The summed E-state index contributed by atoms with van der Waals surface area (Å²) >= 11 is 0.818. The smallest absolute Gasteiger partial charge is 0.384 e. The van der Waals surface area contributed by atoms with Gasteiger partial charge in [0.2, 0.25) is 0 Å². The Morgan fingerprint density at radius 1 is 1.37 bits per heavy atom. The number of nitrogen functional groups attached to an aromatic ring is 1. The fourth-order valence-corrected chi connectivity index (χ4v) is 2.03. The number of amidine groups is 1. The minimum Gasteiger partial charge on any atom is -0.384 e. The molecular weight excluding hydrogens is 281 g/mol. The Morgan fingerprint density at radius 3 is 2.63 bits per heavy atom. The Hall–Kier alpha value is -2.10. The fourth-order valence-electron chi connectivity index (χ4n) is 1.22. The van der Waals surface area contributed by atoms with Crippen LogP contribution in [0, 0.1) is 5.41 Å². The second-order valence-corrected chi connectivity index (χ2v) is 4.33. The zero-order valence-corrected chi connectivity index (χ0v) is 10.0. The molecule has 0 atom stereocenters. The highest BCUT2D eigenvalue weighted by Crippen LogP contribution is 2.32. The summed E-state index contributed by atoms with van der Waals surface area (Å²) in [7, 11) is 0. The lowest BCUT2D eigenvalue weighted by molar-refractivity contribution is -0.141. The van der Waals surface area contributed by atoms with Crippen molar-refractivity contribution < 1.29 is 13.2 Å².